The molecule has 13 heavy (non-hydrogen) atoms. The van der Waals surface area contributed by atoms with Crippen molar-refractivity contribution in [2.75, 3.05) is 0 Å². The molecular weight excluding hydrogens is 302 g/mol. The quantitative estimate of drug-likeness (QED) is 0.760. The van der Waals surface area contributed by atoms with Crippen molar-refractivity contribution in [1.29, 1.82) is 0 Å². The maximum absolute atomic E-state index is 5.74. The third-order valence-electron chi connectivity index (χ3n) is 1.49. The Balaban J connectivity index is 2.41. The van der Waals surface area contributed by atoms with Gasteiger partial charge in [-0.1, -0.05) is 16.8 Å². The Bertz CT molecular complexity index is 412. The fourth-order valence-corrected chi connectivity index (χ4v) is 1.36. The molecule has 2 aromatic rings. The highest BCUT2D eigenvalue weighted by molar-refractivity contribution is 14.1. The Morgan fingerprint density at radius 3 is 2.46 bits per heavy atom. The highest BCUT2D eigenvalue weighted by Gasteiger charge is 2.05. The molecule has 0 unspecified atom stereocenters. The lowest BCUT2D eigenvalue weighted by atomic mass is 10.2. The molecule has 3 nitrogen and oxygen atoms in total. The van der Waals surface area contributed by atoms with Crippen molar-refractivity contribution in [2.45, 2.75) is 0 Å². The molecule has 0 radical (unpaired) electrons. The van der Waals surface area contributed by atoms with Gasteiger partial charge in [0.15, 0.2) is 0 Å². The lowest BCUT2D eigenvalue weighted by Crippen LogP contribution is -1.76. The molecule has 2 rings (SSSR count). The molecule has 1 aromatic carbocycles. The Hall–Kier alpha value is -0.620. The maximum atomic E-state index is 5.74. The number of aromatic nitrogens is 2. The van der Waals surface area contributed by atoms with Crippen LogP contribution in [-0.2, 0) is 0 Å². The second kappa shape index (κ2) is 3.63. The van der Waals surface area contributed by atoms with Crippen molar-refractivity contribution in [3.05, 3.63) is 33.1 Å². The zero-order chi connectivity index (χ0) is 9.26. The first kappa shape index (κ1) is 8.96. The SMILES string of the molecule is Clc1ccc(-c2nc(I)no2)cc1. The topological polar surface area (TPSA) is 38.9 Å². The fourth-order valence-electron chi connectivity index (χ4n) is 0.915. The average molecular weight is 306 g/mol. The van der Waals surface area contributed by atoms with Crippen LogP contribution >= 0.6 is 34.2 Å². The van der Waals surface area contributed by atoms with Gasteiger partial charge in [0, 0.05) is 33.2 Å². The normalized spacial score (nSPS) is 10.3. The fraction of sp³-hybridized carbons (Fsp3) is 0. The van der Waals surface area contributed by atoms with E-state index in [1.165, 1.54) is 0 Å². The van der Waals surface area contributed by atoms with Gasteiger partial charge < -0.3 is 4.52 Å². The van der Waals surface area contributed by atoms with E-state index in [2.05, 4.69) is 10.1 Å². The summed E-state index contributed by atoms with van der Waals surface area (Å²) < 4.78 is 5.58. The molecule has 0 saturated carbocycles. The van der Waals surface area contributed by atoms with Crippen LogP contribution in [-0.4, -0.2) is 10.1 Å². The van der Waals surface area contributed by atoms with Crippen molar-refractivity contribution in [3.63, 3.8) is 0 Å². The first-order valence-electron chi connectivity index (χ1n) is 3.51. The van der Waals surface area contributed by atoms with Crippen LogP contribution in [0.15, 0.2) is 28.8 Å². The van der Waals surface area contributed by atoms with Gasteiger partial charge >= 0.3 is 0 Å². The molecule has 0 N–H and O–H groups in total. The number of rotatable bonds is 1. The van der Waals surface area contributed by atoms with E-state index in [1.54, 1.807) is 12.1 Å². The maximum Gasteiger partial charge on any atom is 0.258 e. The van der Waals surface area contributed by atoms with Gasteiger partial charge in [0.2, 0.25) is 3.83 Å². The van der Waals surface area contributed by atoms with Crippen LogP contribution in [0.1, 0.15) is 0 Å². The van der Waals surface area contributed by atoms with Crippen LogP contribution in [0.5, 0.6) is 0 Å². The second-order valence-electron chi connectivity index (χ2n) is 2.38. The minimum atomic E-state index is 0.515. The van der Waals surface area contributed by atoms with Gasteiger partial charge in [-0.2, -0.15) is 4.98 Å². The summed E-state index contributed by atoms with van der Waals surface area (Å²) in [4.78, 5) is 4.08. The molecule has 0 aliphatic carbocycles. The Morgan fingerprint density at radius 2 is 1.92 bits per heavy atom. The van der Waals surface area contributed by atoms with E-state index >= 15 is 0 Å². The average Bonchev–Trinajstić information content (AvgIpc) is 2.53. The van der Waals surface area contributed by atoms with E-state index in [0.717, 1.165) is 5.56 Å². The summed E-state index contributed by atoms with van der Waals surface area (Å²) in [6.07, 6.45) is 0. The number of benzene rings is 1. The van der Waals surface area contributed by atoms with Gasteiger partial charge in [0.05, 0.1) is 0 Å². The molecule has 0 fully saturated rings. The van der Waals surface area contributed by atoms with Gasteiger partial charge in [-0.25, -0.2) is 0 Å². The van der Waals surface area contributed by atoms with Crippen LogP contribution in [0.4, 0.5) is 0 Å². The lowest BCUT2D eigenvalue weighted by Gasteiger charge is -1.92. The summed E-state index contributed by atoms with van der Waals surface area (Å²) in [5, 5.41) is 4.38. The molecule has 5 heteroatoms. The molecule has 66 valence electrons. The predicted molar refractivity (Wildman–Crippen MR) is 57.5 cm³/mol. The van der Waals surface area contributed by atoms with Crippen molar-refractivity contribution in [2.24, 2.45) is 0 Å². The van der Waals surface area contributed by atoms with Crippen LogP contribution in [0, 0.1) is 3.83 Å². The molecule has 0 saturated heterocycles. The number of halogens is 2. The van der Waals surface area contributed by atoms with Crippen LogP contribution in [0.25, 0.3) is 11.5 Å². The van der Waals surface area contributed by atoms with E-state index in [1.807, 2.05) is 34.7 Å². The van der Waals surface area contributed by atoms with Gasteiger partial charge in [-0.3, -0.25) is 0 Å². The third kappa shape index (κ3) is 2.00. The van der Waals surface area contributed by atoms with Crippen LogP contribution in [0.3, 0.4) is 0 Å². The molecule has 0 aliphatic heterocycles. The number of hydrogen-bond donors (Lipinski definition) is 0. The summed E-state index contributed by atoms with van der Waals surface area (Å²) in [7, 11) is 0. The van der Waals surface area contributed by atoms with Crippen LogP contribution < -0.4 is 0 Å². The highest BCUT2D eigenvalue weighted by Crippen LogP contribution is 2.19. The van der Waals surface area contributed by atoms with E-state index in [0.29, 0.717) is 14.7 Å². The Morgan fingerprint density at radius 1 is 1.23 bits per heavy atom. The third-order valence-corrected chi connectivity index (χ3v) is 2.18. The summed E-state index contributed by atoms with van der Waals surface area (Å²) >= 11 is 7.73. The monoisotopic (exact) mass is 306 g/mol. The zero-order valence-corrected chi connectivity index (χ0v) is 9.28. The minimum Gasteiger partial charge on any atom is -0.333 e. The summed E-state index contributed by atoms with van der Waals surface area (Å²) in [5.74, 6) is 0.515. The van der Waals surface area contributed by atoms with Crippen molar-refractivity contribution in [1.82, 2.24) is 10.1 Å². The Kier molecular flexibility index (Phi) is 2.50. The molecule has 1 aromatic heterocycles. The first-order valence-corrected chi connectivity index (χ1v) is 4.96. The molecule has 1 heterocycles. The smallest absolute Gasteiger partial charge is 0.258 e. The van der Waals surface area contributed by atoms with Gasteiger partial charge in [-0.05, 0) is 24.3 Å². The first-order chi connectivity index (χ1) is 6.25. The summed E-state index contributed by atoms with van der Waals surface area (Å²) in [6.45, 7) is 0. The lowest BCUT2D eigenvalue weighted by molar-refractivity contribution is 0.426. The minimum absolute atomic E-state index is 0.515. The largest absolute Gasteiger partial charge is 0.333 e. The summed E-state index contributed by atoms with van der Waals surface area (Å²) in [5.41, 5.74) is 0.875. The van der Waals surface area contributed by atoms with Crippen LogP contribution in [0.2, 0.25) is 5.02 Å². The molecule has 0 bridgehead atoms. The van der Waals surface area contributed by atoms with Gasteiger partial charge in [0.25, 0.3) is 5.89 Å². The van der Waals surface area contributed by atoms with Gasteiger partial charge in [-0.15, -0.1) is 0 Å². The molecule has 0 amide bonds. The van der Waals surface area contributed by atoms with Crippen molar-refractivity contribution in [3.8, 4) is 11.5 Å². The molecule has 0 atom stereocenters. The van der Waals surface area contributed by atoms with Crippen molar-refractivity contribution >= 4 is 34.2 Å². The molecule has 0 spiro atoms. The van der Waals surface area contributed by atoms with E-state index in [9.17, 15) is 0 Å². The number of hydrogen-bond acceptors (Lipinski definition) is 3. The highest BCUT2D eigenvalue weighted by atomic mass is 127. The Labute approximate surface area is 93.2 Å². The van der Waals surface area contributed by atoms with Gasteiger partial charge in [0.1, 0.15) is 0 Å². The zero-order valence-electron chi connectivity index (χ0n) is 6.37. The predicted octanol–water partition coefficient (Wildman–Crippen LogP) is 2.99. The van der Waals surface area contributed by atoms with E-state index in [4.69, 9.17) is 16.1 Å². The second-order valence-corrected chi connectivity index (χ2v) is 3.78. The number of nitrogens with zero attached hydrogens (tertiary/aromatic N) is 2. The van der Waals surface area contributed by atoms with Crippen molar-refractivity contribution < 1.29 is 4.52 Å². The van der Waals surface area contributed by atoms with E-state index in [-0.39, 0.29) is 0 Å². The summed E-state index contributed by atoms with van der Waals surface area (Å²) in [6, 6.07) is 7.25. The molecule has 0 aliphatic rings. The standard InChI is InChI=1S/C8H4ClIN2O/c9-6-3-1-5(2-4-6)7-11-8(10)12-13-7/h1-4H. The van der Waals surface area contributed by atoms with E-state index < -0.39 is 0 Å². The molecular formula is C8H4ClIN2O.